The lowest BCUT2D eigenvalue weighted by atomic mass is 9.79. The minimum Gasteiger partial charge on any atom is -0.497 e. The van der Waals surface area contributed by atoms with Gasteiger partial charge in [-0.05, 0) is 214 Å². The Balaban J connectivity index is 0.000000199. The van der Waals surface area contributed by atoms with Gasteiger partial charge in [0.2, 0.25) is 0 Å². The van der Waals surface area contributed by atoms with Crippen molar-refractivity contribution in [1.82, 2.24) is 0 Å². The van der Waals surface area contributed by atoms with Gasteiger partial charge in [-0.1, -0.05) is 108 Å². The molecule has 2 N–H and O–H groups in total. The molecule has 0 amide bonds. The molecule has 0 bridgehead atoms. The van der Waals surface area contributed by atoms with Gasteiger partial charge < -0.3 is 29.2 Å². The zero-order valence-electron chi connectivity index (χ0n) is 44.3. The number of carbonyl (C=O) groups is 2. The Labute approximate surface area is 449 Å². The summed E-state index contributed by atoms with van der Waals surface area (Å²) < 4.78 is 38.4. The number of carboxylic acid groups (broad SMARTS) is 2. The Morgan fingerprint density at radius 2 is 1.00 bits per heavy atom. The zero-order valence-corrected chi connectivity index (χ0v) is 44.3. The SMILES string of the molecule is C.COc1ccc(F)c(-c2ccc(COc3cccc([C@H](CC(=O)O)C4CC4)c3)cc2C2=CCCC2(C)C)c1.COc1cccc(-c2ccc(COc3cccc([C@@H](CC(=O)O)C4CC4)c3)cc2C2=CCCC2(C)C)c1. The van der Waals surface area contributed by atoms with Crippen molar-refractivity contribution in [3.05, 3.63) is 179 Å². The first-order valence-electron chi connectivity index (χ1n) is 26.6. The molecule has 0 aromatic heterocycles. The molecule has 76 heavy (non-hydrogen) atoms. The Bertz CT molecular complexity index is 3100. The van der Waals surface area contributed by atoms with Gasteiger partial charge in [0.1, 0.15) is 42.0 Å². The van der Waals surface area contributed by atoms with Gasteiger partial charge >= 0.3 is 11.9 Å². The summed E-state index contributed by atoms with van der Waals surface area (Å²) in [6.07, 6.45) is 13.6. The van der Waals surface area contributed by atoms with Crippen LogP contribution in [0.5, 0.6) is 23.0 Å². The summed E-state index contributed by atoms with van der Waals surface area (Å²) in [5.74, 6) is 2.19. The molecule has 9 heteroatoms. The molecule has 6 aromatic rings. The predicted molar refractivity (Wildman–Crippen MR) is 303 cm³/mol. The van der Waals surface area contributed by atoms with Gasteiger partial charge in [-0.25, -0.2) is 4.39 Å². The van der Waals surface area contributed by atoms with Crippen LogP contribution < -0.4 is 18.9 Å². The molecule has 10 rings (SSSR count). The second-order valence-corrected chi connectivity index (χ2v) is 22.2. The summed E-state index contributed by atoms with van der Waals surface area (Å²) in [4.78, 5) is 22.8. The maximum absolute atomic E-state index is 15.0. The highest BCUT2D eigenvalue weighted by Crippen LogP contribution is 2.50. The average molecular weight is 1030 g/mol. The van der Waals surface area contributed by atoms with Gasteiger partial charge in [-0.2, -0.15) is 0 Å². The topological polar surface area (TPSA) is 112 Å². The van der Waals surface area contributed by atoms with Crippen molar-refractivity contribution in [2.45, 2.75) is 124 Å². The quantitative estimate of drug-likeness (QED) is 0.0778. The van der Waals surface area contributed by atoms with E-state index in [2.05, 4.69) is 76.2 Å². The van der Waals surface area contributed by atoms with E-state index in [0.717, 1.165) is 108 Å². The zero-order chi connectivity index (χ0) is 52.9. The fraction of sp³-hybridized carbons (Fsp3) is 0.373. The fourth-order valence-corrected chi connectivity index (χ4v) is 11.3. The highest BCUT2D eigenvalue weighted by molar-refractivity contribution is 5.86. The fourth-order valence-electron chi connectivity index (χ4n) is 11.3. The van der Waals surface area contributed by atoms with E-state index in [4.69, 9.17) is 18.9 Å². The van der Waals surface area contributed by atoms with Crippen LogP contribution in [0.4, 0.5) is 4.39 Å². The molecule has 4 aliphatic rings. The Kier molecular flexibility index (Phi) is 17.3. The number of hydrogen-bond donors (Lipinski definition) is 2. The van der Waals surface area contributed by atoms with Crippen LogP contribution in [0.15, 0.2) is 140 Å². The summed E-state index contributed by atoms with van der Waals surface area (Å²) in [6, 6.07) is 41.6. The summed E-state index contributed by atoms with van der Waals surface area (Å²) >= 11 is 0. The number of aliphatic carboxylic acids is 2. The van der Waals surface area contributed by atoms with Crippen molar-refractivity contribution < 1.29 is 43.1 Å². The van der Waals surface area contributed by atoms with E-state index < -0.39 is 11.9 Å². The van der Waals surface area contributed by atoms with Gasteiger partial charge in [0, 0.05) is 5.56 Å². The van der Waals surface area contributed by atoms with Crippen LogP contribution in [0.2, 0.25) is 0 Å². The van der Waals surface area contributed by atoms with Crippen LogP contribution in [-0.4, -0.2) is 36.4 Å². The molecule has 4 aliphatic carbocycles. The van der Waals surface area contributed by atoms with E-state index in [1.807, 2.05) is 72.8 Å². The maximum Gasteiger partial charge on any atom is 0.303 e. The Hall–Kier alpha value is -7.13. The van der Waals surface area contributed by atoms with Crippen molar-refractivity contribution in [1.29, 1.82) is 0 Å². The lowest BCUT2D eigenvalue weighted by molar-refractivity contribution is -0.138. The number of hydrogen-bond acceptors (Lipinski definition) is 6. The first-order chi connectivity index (χ1) is 36.1. The molecule has 8 nitrogen and oxygen atoms in total. The standard InChI is InChI=1S/C33H35FO4.C33H36O4.CH4/c1-33(2)15-5-8-30(33)28-16-21(9-13-26(28)29-18-24(37-3)12-14-31(29)34)20-38-25-7-4-6-23(17-25)27(19-32(35)36)22-10-11-22;1-33(2)16-6-11-31(33)30-17-22(12-15-28(30)24-7-4-9-26(18-24)36-3)21-37-27-10-5-8-25(19-27)29(20-32(34)35)23-13-14-23;/h4,6-9,12-14,16-18,22,27H,5,10-11,15,19-20H2,1-3H3,(H,35,36);4-5,7-12,15,17-19,23,29H,6,13-14,16,20-21H2,1-3H3,(H,34,35);1H4/t27-;29-;/m10./s1. The molecule has 398 valence electrons. The molecule has 2 atom stereocenters. The van der Waals surface area contributed by atoms with Crippen LogP contribution in [0.25, 0.3) is 33.4 Å². The normalized spacial score (nSPS) is 16.9. The van der Waals surface area contributed by atoms with Gasteiger partial charge in [0.05, 0.1) is 27.1 Å². The lowest BCUT2D eigenvalue weighted by Gasteiger charge is -2.25. The van der Waals surface area contributed by atoms with Crippen molar-refractivity contribution >= 4 is 23.1 Å². The van der Waals surface area contributed by atoms with Gasteiger partial charge in [-0.15, -0.1) is 0 Å². The number of methoxy groups -OCH3 is 2. The van der Waals surface area contributed by atoms with Gasteiger partial charge in [0.25, 0.3) is 0 Å². The number of carboxylic acids is 2. The first-order valence-corrected chi connectivity index (χ1v) is 26.6. The van der Waals surface area contributed by atoms with E-state index in [0.29, 0.717) is 36.4 Å². The summed E-state index contributed by atoms with van der Waals surface area (Å²) in [7, 11) is 3.29. The van der Waals surface area contributed by atoms with Gasteiger partial charge in [-0.3, -0.25) is 9.59 Å². The third-order valence-electron chi connectivity index (χ3n) is 15.8. The Morgan fingerprint density at radius 3 is 1.46 bits per heavy atom. The molecule has 2 saturated carbocycles. The van der Waals surface area contributed by atoms with Crippen LogP contribution in [-0.2, 0) is 22.8 Å². The smallest absolute Gasteiger partial charge is 0.303 e. The monoisotopic (exact) mass is 1030 g/mol. The van der Waals surface area contributed by atoms with E-state index in [1.54, 1.807) is 26.4 Å². The molecule has 2 fully saturated rings. The van der Waals surface area contributed by atoms with Crippen molar-refractivity contribution in [3.8, 4) is 45.3 Å². The molecular formula is C67H75FO8. The van der Waals surface area contributed by atoms with Gasteiger partial charge in [0.15, 0.2) is 0 Å². The van der Waals surface area contributed by atoms with Crippen LogP contribution in [0.3, 0.4) is 0 Å². The molecule has 0 radical (unpaired) electrons. The molecular weight excluding hydrogens is 952 g/mol. The third-order valence-corrected chi connectivity index (χ3v) is 15.8. The molecule has 0 aliphatic heterocycles. The molecule has 6 aromatic carbocycles. The summed E-state index contributed by atoms with van der Waals surface area (Å²) in [5.41, 5.74) is 12.9. The number of allylic oxidation sites excluding steroid dienone is 4. The second-order valence-electron chi connectivity index (χ2n) is 22.2. The van der Waals surface area contributed by atoms with Crippen molar-refractivity contribution in [2.75, 3.05) is 14.2 Å². The Morgan fingerprint density at radius 1 is 0.539 bits per heavy atom. The number of halogens is 1. The van der Waals surface area contributed by atoms with Crippen LogP contribution in [0, 0.1) is 28.5 Å². The van der Waals surface area contributed by atoms with Crippen molar-refractivity contribution in [3.63, 3.8) is 0 Å². The predicted octanol–water partition coefficient (Wildman–Crippen LogP) is 17.0. The van der Waals surface area contributed by atoms with Crippen molar-refractivity contribution in [2.24, 2.45) is 22.7 Å². The highest BCUT2D eigenvalue weighted by Gasteiger charge is 2.36. The van der Waals surface area contributed by atoms with E-state index in [9.17, 15) is 19.8 Å². The minimum absolute atomic E-state index is 0. The first kappa shape index (κ1) is 55.1. The van der Waals surface area contributed by atoms with E-state index in [-0.39, 0.29) is 48.8 Å². The average Bonchev–Trinajstić information content (AvgIpc) is 4.36. The number of rotatable bonds is 20. The number of ether oxygens (including phenoxy) is 4. The summed E-state index contributed by atoms with van der Waals surface area (Å²) in [5, 5.41) is 18.8. The molecule has 0 heterocycles. The van der Waals surface area contributed by atoms with E-state index >= 15 is 4.39 Å². The molecule has 0 saturated heterocycles. The van der Waals surface area contributed by atoms with Crippen LogP contribution in [0.1, 0.15) is 145 Å². The largest absolute Gasteiger partial charge is 0.497 e. The maximum atomic E-state index is 15.0. The van der Waals surface area contributed by atoms with Crippen LogP contribution >= 0.6 is 0 Å². The highest BCUT2D eigenvalue weighted by atomic mass is 19.1. The summed E-state index contributed by atoms with van der Waals surface area (Å²) in [6.45, 7) is 9.93. The minimum atomic E-state index is -0.766. The lowest BCUT2D eigenvalue weighted by Crippen LogP contribution is -2.10. The number of benzene rings is 6. The molecule has 0 spiro atoms. The molecule has 0 unspecified atom stereocenters. The van der Waals surface area contributed by atoms with E-state index in [1.165, 1.54) is 28.3 Å². The second kappa shape index (κ2) is 23.8. The third kappa shape index (κ3) is 13.3.